The molecule has 1 aromatic carbocycles. The summed E-state index contributed by atoms with van der Waals surface area (Å²) < 4.78 is 22.1. The van der Waals surface area contributed by atoms with E-state index in [1.807, 2.05) is 18.2 Å². The van der Waals surface area contributed by atoms with Crippen LogP contribution in [0.2, 0.25) is 5.02 Å². The zero-order chi connectivity index (χ0) is 10.9. The van der Waals surface area contributed by atoms with Crippen molar-refractivity contribution in [2.45, 2.75) is 12.5 Å². The van der Waals surface area contributed by atoms with Crippen molar-refractivity contribution in [3.63, 3.8) is 0 Å². The van der Waals surface area contributed by atoms with Gasteiger partial charge >= 0.3 is 7.60 Å². The highest BCUT2D eigenvalue weighted by molar-refractivity contribution is 7.53. The summed E-state index contributed by atoms with van der Waals surface area (Å²) in [5.74, 6) is 0. The minimum absolute atomic E-state index is 0.173. The average Bonchev–Trinajstić information content (AvgIpc) is 2.16. The molecule has 0 aliphatic carbocycles. The number of halogens is 1. The quantitative estimate of drug-likeness (QED) is 0.710. The first-order valence-electron chi connectivity index (χ1n) is 4.73. The zero-order valence-corrected chi connectivity index (χ0v) is 10.0. The standard InChI is InChI=1S/C10H12ClO3P/c1-15(12)13-6-5-10(14-15)8-3-2-4-9(11)7-8/h2-4,7,10H,5-6H2,1H3/t10-,15+/m0/s1. The van der Waals surface area contributed by atoms with Crippen LogP contribution in [0.25, 0.3) is 0 Å². The molecule has 3 nitrogen and oxygen atoms in total. The molecular weight excluding hydrogens is 235 g/mol. The Morgan fingerprint density at radius 3 is 3.00 bits per heavy atom. The van der Waals surface area contributed by atoms with Crippen molar-refractivity contribution in [1.82, 2.24) is 0 Å². The normalized spacial score (nSPS) is 31.5. The van der Waals surface area contributed by atoms with E-state index in [9.17, 15) is 4.57 Å². The molecule has 0 N–H and O–H groups in total. The van der Waals surface area contributed by atoms with Gasteiger partial charge < -0.3 is 9.05 Å². The molecule has 0 unspecified atom stereocenters. The highest BCUT2D eigenvalue weighted by atomic mass is 35.5. The van der Waals surface area contributed by atoms with E-state index in [-0.39, 0.29) is 6.10 Å². The van der Waals surface area contributed by atoms with Crippen LogP contribution >= 0.6 is 19.2 Å². The molecule has 1 aromatic rings. The molecule has 15 heavy (non-hydrogen) atoms. The maximum Gasteiger partial charge on any atom is 0.328 e. The van der Waals surface area contributed by atoms with Gasteiger partial charge in [-0.05, 0) is 17.7 Å². The van der Waals surface area contributed by atoms with Gasteiger partial charge in [-0.15, -0.1) is 0 Å². The van der Waals surface area contributed by atoms with Crippen molar-refractivity contribution >= 4 is 19.2 Å². The maximum absolute atomic E-state index is 11.6. The lowest BCUT2D eigenvalue weighted by Crippen LogP contribution is -2.13. The first kappa shape index (κ1) is 11.2. The van der Waals surface area contributed by atoms with Crippen LogP contribution in [0.5, 0.6) is 0 Å². The first-order valence-corrected chi connectivity index (χ1v) is 7.09. The largest absolute Gasteiger partial charge is 0.328 e. The van der Waals surface area contributed by atoms with Crippen molar-refractivity contribution in [2.24, 2.45) is 0 Å². The van der Waals surface area contributed by atoms with E-state index >= 15 is 0 Å². The summed E-state index contributed by atoms with van der Waals surface area (Å²) >= 11 is 5.88. The summed E-state index contributed by atoms with van der Waals surface area (Å²) in [5, 5.41) is 0.661. The van der Waals surface area contributed by atoms with E-state index in [2.05, 4.69) is 0 Å². The molecular formula is C10H12ClO3P. The fourth-order valence-electron chi connectivity index (χ4n) is 1.57. The van der Waals surface area contributed by atoms with Crippen molar-refractivity contribution < 1.29 is 13.6 Å². The van der Waals surface area contributed by atoms with Gasteiger partial charge in [-0.3, -0.25) is 4.57 Å². The van der Waals surface area contributed by atoms with Gasteiger partial charge in [-0.25, -0.2) is 0 Å². The second kappa shape index (κ2) is 4.26. The van der Waals surface area contributed by atoms with Gasteiger partial charge in [0.15, 0.2) is 0 Å². The van der Waals surface area contributed by atoms with Gasteiger partial charge in [-0.1, -0.05) is 23.7 Å². The minimum atomic E-state index is -2.87. The van der Waals surface area contributed by atoms with Crippen LogP contribution in [0.3, 0.4) is 0 Å². The Balaban J connectivity index is 2.21. The van der Waals surface area contributed by atoms with E-state index in [1.54, 1.807) is 6.07 Å². The van der Waals surface area contributed by atoms with Gasteiger partial charge in [0, 0.05) is 18.1 Å². The van der Waals surface area contributed by atoms with E-state index in [0.717, 1.165) is 5.56 Å². The van der Waals surface area contributed by atoms with Crippen LogP contribution in [0, 0.1) is 0 Å². The third kappa shape index (κ3) is 2.82. The van der Waals surface area contributed by atoms with Crippen LogP contribution < -0.4 is 0 Å². The molecule has 0 saturated carbocycles. The van der Waals surface area contributed by atoms with E-state index < -0.39 is 7.60 Å². The molecule has 1 aliphatic heterocycles. The molecule has 1 fully saturated rings. The van der Waals surface area contributed by atoms with Gasteiger partial charge in [0.05, 0.1) is 12.7 Å². The summed E-state index contributed by atoms with van der Waals surface area (Å²) in [7, 11) is -2.87. The molecule has 5 heteroatoms. The summed E-state index contributed by atoms with van der Waals surface area (Å²) in [4.78, 5) is 0. The minimum Gasteiger partial charge on any atom is -0.309 e. The highest BCUT2D eigenvalue weighted by Gasteiger charge is 2.29. The molecule has 0 amide bonds. The SMILES string of the molecule is C[P@@]1(=O)OCC[C@@H](c2cccc(Cl)c2)O1. The van der Waals surface area contributed by atoms with Crippen molar-refractivity contribution in [3.8, 4) is 0 Å². The fourth-order valence-corrected chi connectivity index (χ4v) is 2.96. The number of benzene rings is 1. The number of hydrogen-bond donors (Lipinski definition) is 0. The molecule has 1 aliphatic rings. The predicted molar refractivity (Wildman–Crippen MR) is 59.4 cm³/mol. The molecule has 0 radical (unpaired) electrons. The molecule has 82 valence electrons. The second-order valence-corrected chi connectivity index (χ2v) is 5.99. The van der Waals surface area contributed by atoms with E-state index in [1.165, 1.54) is 6.66 Å². The molecule has 1 heterocycles. The Hall–Kier alpha value is -0.340. The van der Waals surface area contributed by atoms with Gasteiger partial charge in [0.2, 0.25) is 0 Å². The van der Waals surface area contributed by atoms with Gasteiger partial charge in [-0.2, -0.15) is 0 Å². The topological polar surface area (TPSA) is 35.5 Å². The molecule has 2 atom stereocenters. The maximum atomic E-state index is 11.6. The van der Waals surface area contributed by atoms with E-state index in [0.29, 0.717) is 18.1 Å². The Labute approximate surface area is 93.9 Å². The van der Waals surface area contributed by atoms with Crippen molar-refractivity contribution in [3.05, 3.63) is 34.9 Å². The smallest absolute Gasteiger partial charge is 0.309 e. The highest BCUT2D eigenvalue weighted by Crippen LogP contribution is 2.52. The van der Waals surface area contributed by atoms with Gasteiger partial charge in [0.1, 0.15) is 0 Å². The third-order valence-electron chi connectivity index (χ3n) is 2.25. The molecule has 0 bridgehead atoms. The Kier molecular flexibility index (Phi) is 3.17. The zero-order valence-electron chi connectivity index (χ0n) is 8.35. The van der Waals surface area contributed by atoms with Crippen LogP contribution in [0.4, 0.5) is 0 Å². The second-order valence-electron chi connectivity index (χ2n) is 3.54. The van der Waals surface area contributed by atoms with Crippen LogP contribution in [0.15, 0.2) is 24.3 Å². The molecule has 1 saturated heterocycles. The summed E-state index contributed by atoms with van der Waals surface area (Å²) in [6.45, 7) is 1.95. The monoisotopic (exact) mass is 246 g/mol. The lowest BCUT2D eigenvalue weighted by molar-refractivity contribution is 0.0845. The summed E-state index contributed by atoms with van der Waals surface area (Å²) in [5.41, 5.74) is 0.952. The lowest BCUT2D eigenvalue weighted by Gasteiger charge is -2.27. The molecule has 2 rings (SSSR count). The van der Waals surface area contributed by atoms with Crippen LogP contribution in [0.1, 0.15) is 18.1 Å². The lowest BCUT2D eigenvalue weighted by atomic mass is 10.1. The van der Waals surface area contributed by atoms with Gasteiger partial charge in [0.25, 0.3) is 0 Å². The fraction of sp³-hybridized carbons (Fsp3) is 0.400. The molecule has 0 spiro atoms. The first-order chi connectivity index (χ1) is 7.07. The Morgan fingerprint density at radius 1 is 1.53 bits per heavy atom. The number of rotatable bonds is 1. The Bertz CT molecular complexity index is 407. The summed E-state index contributed by atoms with van der Waals surface area (Å²) in [6.07, 6.45) is 0.534. The van der Waals surface area contributed by atoms with Crippen molar-refractivity contribution in [2.75, 3.05) is 13.3 Å². The average molecular weight is 247 g/mol. The molecule has 0 aromatic heterocycles. The predicted octanol–water partition coefficient (Wildman–Crippen LogP) is 3.64. The van der Waals surface area contributed by atoms with Crippen LogP contribution in [-0.2, 0) is 13.6 Å². The Morgan fingerprint density at radius 2 is 2.33 bits per heavy atom. The van der Waals surface area contributed by atoms with E-state index in [4.69, 9.17) is 20.6 Å². The van der Waals surface area contributed by atoms with Crippen LogP contribution in [-0.4, -0.2) is 13.3 Å². The third-order valence-corrected chi connectivity index (χ3v) is 3.77. The summed E-state index contributed by atoms with van der Waals surface area (Å²) in [6, 6.07) is 7.41. The van der Waals surface area contributed by atoms with Crippen molar-refractivity contribution in [1.29, 1.82) is 0 Å². The number of hydrogen-bond acceptors (Lipinski definition) is 3.